The van der Waals surface area contributed by atoms with Gasteiger partial charge < -0.3 is 14.6 Å². The summed E-state index contributed by atoms with van der Waals surface area (Å²) in [7, 11) is -0.553. The summed E-state index contributed by atoms with van der Waals surface area (Å²) < 4.78 is 12.0. The topological polar surface area (TPSA) is 60.5 Å². The van der Waals surface area contributed by atoms with Crippen LogP contribution >= 0.6 is 11.6 Å². The summed E-state index contributed by atoms with van der Waals surface area (Å²) in [4.78, 5) is 16.3. The summed E-state index contributed by atoms with van der Waals surface area (Å²) in [6.07, 6.45) is 3.64. The predicted molar refractivity (Wildman–Crippen MR) is 85.5 cm³/mol. The molecule has 1 saturated heterocycles. The van der Waals surface area contributed by atoms with E-state index < -0.39 is 18.3 Å². The van der Waals surface area contributed by atoms with Crippen LogP contribution < -0.4 is 10.8 Å². The SMILES string of the molecule is CC1(C)OB(c2cnc(Cl)c(C(=O)NC3CC3)c2)OC1(C)C. The average molecular weight is 323 g/mol. The third-order valence-corrected chi connectivity index (χ3v) is 4.84. The highest BCUT2D eigenvalue weighted by Crippen LogP contribution is 2.36. The smallest absolute Gasteiger partial charge is 0.399 e. The lowest BCUT2D eigenvalue weighted by Crippen LogP contribution is -2.41. The molecule has 1 N–H and O–H groups in total. The first kappa shape index (κ1) is 15.8. The van der Waals surface area contributed by atoms with Crippen molar-refractivity contribution in [3.63, 3.8) is 0 Å². The van der Waals surface area contributed by atoms with Crippen LogP contribution in [0.15, 0.2) is 12.3 Å². The second-order valence-corrected chi connectivity index (χ2v) is 7.30. The van der Waals surface area contributed by atoms with Gasteiger partial charge in [-0.1, -0.05) is 11.6 Å². The molecule has 0 atom stereocenters. The number of nitrogens with one attached hydrogen (secondary N) is 1. The van der Waals surface area contributed by atoms with Crippen LogP contribution in [0.25, 0.3) is 0 Å². The minimum atomic E-state index is -0.553. The number of aromatic nitrogens is 1. The molecule has 0 unspecified atom stereocenters. The molecule has 1 amide bonds. The summed E-state index contributed by atoms with van der Waals surface area (Å²) in [6, 6.07) is 1.97. The van der Waals surface area contributed by atoms with Crippen LogP contribution in [0.4, 0.5) is 0 Å². The molecule has 7 heteroatoms. The van der Waals surface area contributed by atoms with E-state index in [0.29, 0.717) is 11.0 Å². The van der Waals surface area contributed by atoms with Crippen molar-refractivity contribution in [2.75, 3.05) is 0 Å². The van der Waals surface area contributed by atoms with Gasteiger partial charge in [0.25, 0.3) is 5.91 Å². The second-order valence-electron chi connectivity index (χ2n) is 6.94. The molecule has 0 spiro atoms. The van der Waals surface area contributed by atoms with Crippen LogP contribution in [-0.4, -0.2) is 35.3 Å². The fourth-order valence-corrected chi connectivity index (χ4v) is 2.41. The molecule has 1 saturated carbocycles. The number of hydrogen-bond acceptors (Lipinski definition) is 4. The maximum atomic E-state index is 12.2. The van der Waals surface area contributed by atoms with Crippen molar-refractivity contribution >= 4 is 30.1 Å². The van der Waals surface area contributed by atoms with E-state index in [1.165, 1.54) is 0 Å². The Labute approximate surface area is 135 Å². The predicted octanol–water partition coefficient (Wildman–Crippen LogP) is 1.93. The molecule has 2 aliphatic rings. The second kappa shape index (κ2) is 5.22. The van der Waals surface area contributed by atoms with E-state index in [1.807, 2.05) is 27.7 Å². The molecule has 5 nitrogen and oxygen atoms in total. The van der Waals surface area contributed by atoms with E-state index in [1.54, 1.807) is 12.3 Å². The minimum absolute atomic E-state index is 0.193. The Morgan fingerprint density at radius 1 is 1.32 bits per heavy atom. The zero-order chi connectivity index (χ0) is 16.1. The summed E-state index contributed by atoms with van der Waals surface area (Å²) in [5.41, 5.74) is 0.186. The van der Waals surface area contributed by atoms with Crippen molar-refractivity contribution in [1.29, 1.82) is 0 Å². The molecule has 1 aliphatic heterocycles. The number of halogens is 1. The van der Waals surface area contributed by atoms with E-state index in [4.69, 9.17) is 20.9 Å². The number of hydrogen-bond donors (Lipinski definition) is 1. The standard InChI is InChI=1S/C15H20BClN2O3/c1-14(2)15(3,4)22-16(21-14)9-7-11(12(17)18-8-9)13(20)19-10-5-6-10/h7-8,10H,5-6H2,1-4H3,(H,19,20). The highest BCUT2D eigenvalue weighted by atomic mass is 35.5. The Morgan fingerprint density at radius 3 is 2.45 bits per heavy atom. The van der Waals surface area contributed by atoms with E-state index >= 15 is 0 Å². The summed E-state index contributed by atoms with van der Waals surface area (Å²) >= 11 is 6.06. The molecule has 0 radical (unpaired) electrons. The van der Waals surface area contributed by atoms with Crippen LogP contribution in [0.2, 0.25) is 5.15 Å². The van der Waals surface area contributed by atoms with Gasteiger partial charge in [0.15, 0.2) is 0 Å². The fraction of sp³-hybridized carbons (Fsp3) is 0.600. The summed E-state index contributed by atoms with van der Waals surface area (Å²) in [5, 5.41) is 3.11. The monoisotopic (exact) mass is 322 g/mol. The van der Waals surface area contributed by atoms with Crippen LogP contribution in [-0.2, 0) is 9.31 Å². The van der Waals surface area contributed by atoms with Crippen molar-refractivity contribution in [2.24, 2.45) is 0 Å². The largest absolute Gasteiger partial charge is 0.496 e. The molecule has 3 rings (SSSR count). The fourth-order valence-electron chi connectivity index (χ4n) is 2.22. The van der Waals surface area contributed by atoms with Gasteiger partial charge in [0.1, 0.15) is 5.15 Å². The molecule has 0 aromatic carbocycles. The van der Waals surface area contributed by atoms with Crippen molar-refractivity contribution in [3.8, 4) is 0 Å². The van der Waals surface area contributed by atoms with Crippen LogP contribution in [0, 0.1) is 0 Å². The Morgan fingerprint density at radius 2 is 1.91 bits per heavy atom. The lowest BCUT2D eigenvalue weighted by molar-refractivity contribution is 0.00578. The molecular formula is C15H20BClN2O3. The number of carbonyl (C=O) groups excluding carboxylic acids is 1. The third-order valence-electron chi connectivity index (χ3n) is 4.54. The number of amides is 1. The molecule has 2 heterocycles. The normalized spacial score (nSPS) is 22.7. The van der Waals surface area contributed by atoms with Crippen molar-refractivity contribution < 1.29 is 14.1 Å². The molecule has 1 aromatic heterocycles. The van der Waals surface area contributed by atoms with E-state index in [9.17, 15) is 4.79 Å². The maximum Gasteiger partial charge on any atom is 0.496 e. The minimum Gasteiger partial charge on any atom is -0.399 e. The summed E-state index contributed by atoms with van der Waals surface area (Å²) in [6.45, 7) is 7.93. The van der Waals surface area contributed by atoms with Crippen LogP contribution in [0.5, 0.6) is 0 Å². The third kappa shape index (κ3) is 2.87. The molecule has 0 bridgehead atoms. The number of carbonyl (C=O) groups is 1. The Bertz CT molecular complexity index is 601. The molecular weight excluding hydrogens is 302 g/mol. The van der Waals surface area contributed by atoms with Gasteiger partial charge in [-0.25, -0.2) is 4.98 Å². The zero-order valence-corrected chi connectivity index (χ0v) is 14.0. The Balaban J connectivity index is 1.85. The van der Waals surface area contributed by atoms with Crippen molar-refractivity contribution in [2.45, 2.75) is 57.8 Å². The molecule has 22 heavy (non-hydrogen) atoms. The van der Waals surface area contributed by atoms with E-state index in [0.717, 1.165) is 12.8 Å². The molecule has 1 aromatic rings. The Kier molecular flexibility index (Phi) is 3.74. The highest BCUT2D eigenvalue weighted by Gasteiger charge is 2.52. The van der Waals surface area contributed by atoms with E-state index in [-0.39, 0.29) is 17.1 Å². The van der Waals surface area contributed by atoms with Gasteiger partial charge in [0.05, 0.1) is 16.8 Å². The zero-order valence-electron chi connectivity index (χ0n) is 13.3. The van der Waals surface area contributed by atoms with Gasteiger partial charge in [0.2, 0.25) is 0 Å². The molecule has 2 fully saturated rings. The van der Waals surface area contributed by atoms with Gasteiger partial charge in [-0.2, -0.15) is 0 Å². The van der Waals surface area contributed by atoms with Gasteiger partial charge in [0, 0.05) is 17.7 Å². The summed E-state index contributed by atoms with van der Waals surface area (Å²) in [5.74, 6) is -0.196. The quantitative estimate of drug-likeness (QED) is 0.682. The highest BCUT2D eigenvalue weighted by molar-refractivity contribution is 6.62. The molecule has 118 valence electrons. The number of pyridine rings is 1. The van der Waals surface area contributed by atoms with Crippen molar-refractivity contribution in [1.82, 2.24) is 10.3 Å². The van der Waals surface area contributed by atoms with Crippen molar-refractivity contribution in [3.05, 3.63) is 23.0 Å². The lowest BCUT2D eigenvalue weighted by Gasteiger charge is -2.32. The number of rotatable bonds is 3. The number of nitrogens with zero attached hydrogens (tertiary/aromatic N) is 1. The van der Waals surface area contributed by atoms with Crippen LogP contribution in [0.1, 0.15) is 50.9 Å². The first-order chi connectivity index (χ1) is 10.2. The first-order valence-electron chi connectivity index (χ1n) is 7.51. The van der Waals surface area contributed by atoms with E-state index in [2.05, 4.69) is 10.3 Å². The van der Waals surface area contributed by atoms with Gasteiger partial charge in [-0.15, -0.1) is 0 Å². The maximum absolute atomic E-state index is 12.2. The Hall–Kier alpha value is -1.11. The van der Waals surface area contributed by atoms with Crippen LogP contribution in [0.3, 0.4) is 0 Å². The van der Waals surface area contributed by atoms with Gasteiger partial charge in [-0.3, -0.25) is 4.79 Å². The lowest BCUT2D eigenvalue weighted by atomic mass is 9.79. The first-order valence-corrected chi connectivity index (χ1v) is 7.89. The average Bonchev–Trinajstić information content (AvgIpc) is 3.17. The van der Waals surface area contributed by atoms with Gasteiger partial charge in [-0.05, 0) is 46.6 Å². The van der Waals surface area contributed by atoms with Gasteiger partial charge >= 0.3 is 7.12 Å². The molecule has 1 aliphatic carbocycles.